The lowest BCUT2D eigenvalue weighted by Crippen LogP contribution is -2.11. The summed E-state index contributed by atoms with van der Waals surface area (Å²) >= 11 is 0. The maximum absolute atomic E-state index is 13.1. The molecule has 0 atom stereocenters. The van der Waals surface area contributed by atoms with Crippen LogP contribution in [0.25, 0.3) is 22.3 Å². The second-order valence-electron chi connectivity index (χ2n) is 5.10. The van der Waals surface area contributed by atoms with Gasteiger partial charge in [0.15, 0.2) is 22.5 Å². The van der Waals surface area contributed by atoms with Crippen LogP contribution >= 0.6 is 0 Å². The fourth-order valence-corrected chi connectivity index (χ4v) is 2.35. The molecule has 0 amide bonds. The zero-order valence-corrected chi connectivity index (χ0v) is 12.8. The molecule has 1 aromatic carbocycles. The molecule has 2 heterocycles. The molecule has 0 fully saturated rings. The smallest absolute Gasteiger partial charge is 0.434 e. The Bertz CT molecular complexity index is 1020. The van der Waals surface area contributed by atoms with Crippen LogP contribution in [0.1, 0.15) is 12.6 Å². The van der Waals surface area contributed by atoms with Gasteiger partial charge in [-0.25, -0.2) is 0 Å². The Labute approximate surface area is 138 Å². The fraction of sp³-hybridized carbons (Fsp3) is 0.118. The Hall–Kier alpha value is -3.16. The molecule has 0 aliphatic rings. The quantitative estimate of drug-likeness (QED) is 0.520. The lowest BCUT2D eigenvalue weighted by atomic mass is 10.1. The summed E-state index contributed by atoms with van der Waals surface area (Å²) in [5.74, 6) is -1.03. The number of hydrogen-bond donors (Lipinski definition) is 0. The summed E-state index contributed by atoms with van der Waals surface area (Å²) in [5.41, 5.74) is -2.24. The fourth-order valence-electron chi connectivity index (χ4n) is 2.35. The van der Waals surface area contributed by atoms with Gasteiger partial charge in [0.05, 0.1) is 5.39 Å². The standard InChI is InChI=1S/C17H10F3NO4/c1-9(22)24-13-6-2-4-10-12(23)8-14(25-15(10)13)11-5-3-7-21-16(11)17(18,19)20/h2-8H,1H3. The number of carbonyl (C=O) groups excluding carboxylic acids is 1. The minimum absolute atomic E-state index is 0.0543. The van der Waals surface area contributed by atoms with Crippen LogP contribution in [-0.2, 0) is 11.0 Å². The molecule has 25 heavy (non-hydrogen) atoms. The average Bonchev–Trinajstić information content (AvgIpc) is 2.54. The average molecular weight is 349 g/mol. The van der Waals surface area contributed by atoms with Crippen LogP contribution in [0.15, 0.2) is 51.8 Å². The minimum Gasteiger partial charge on any atom is -0.452 e. The van der Waals surface area contributed by atoms with E-state index in [1.807, 2.05) is 0 Å². The number of para-hydroxylation sites is 1. The lowest BCUT2D eigenvalue weighted by molar-refractivity contribution is -0.140. The van der Waals surface area contributed by atoms with E-state index in [1.165, 1.54) is 24.3 Å². The highest BCUT2D eigenvalue weighted by molar-refractivity contribution is 5.86. The van der Waals surface area contributed by atoms with E-state index in [9.17, 15) is 22.8 Å². The zero-order valence-electron chi connectivity index (χ0n) is 12.8. The molecule has 2 aromatic heterocycles. The number of fused-ring (bicyclic) bond motifs is 1. The van der Waals surface area contributed by atoms with Gasteiger partial charge in [-0.2, -0.15) is 13.2 Å². The van der Waals surface area contributed by atoms with Crippen molar-refractivity contribution in [2.24, 2.45) is 0 Å². The molecule has 0 spiro atoms. The minimum atomic E-state index is -4.72. The van der Waals surface area contributed by atoms with E-state index >= 15 is 0 Å². The molecule has 3 rings (SSSR count). The Kier molecular flexibility index (Phi) is 4.03. The first kappa shape index (κ1) is 16.7. The first-order valence-electron chi connectivity index (χ1n) is 7.05. The van der Waals surface area contributed by atoms with Crippen LogP contribution in [0.3, 0.4) is 0 Å². The van der Waals surface area contributed by atoms with Crippen molar-refractivity contribution in [1.82, 2.24) is 4.98 Å². The Morgan fingerprint density at radius 2 is 1.96 bits per heavy atom. The van der Waals surface area contributed by atoms with Crippen LogP contribution in [0.2, 0.25) is 0 Å². The highest BCUT2D eigenvalue weighted by Crippen LogP contribution is 2.36. The van der Waals surface area contributed by atoms with Crippen molar-refractivity contribution < 1.29 is 27.1 Å². The van der Waals surface area contributed by atoms with Crippen LogP contribution in [0, 0.1) is 0 Å². The number of alkyl halides is 3. The Morgan fingerprint density at radius 3 is 2.64 bits per heavy atom. The van der Waals surface area contributed by atoms with Gasteiger partial charge < -0.3 is 9.15 Å². The molecule has 0 saturated carbocycles. The summed E-state index contributed by atoms with van der Waals surface area (Å²) in [6, 6.07) is 7.67. The highest BCUT2D eigenvalue weighted by Gasteiger charge is 2.36. The van der Waals surface area contributed by atoms with Crippen molar-refractivity contribution in [2.75, 3.05) is 0 Å². The van der Waals surface area contributed by atoms with E-state index in [4.69, 9.17) is 9.15 Å². The number of nitrogens with zero attached hydrogens (tertiary/aromatic N) is 1. The number of aromatic nitrogens is 1. The van der Waals surface area contributed by atoms with Crippen molar-refractivity contribution >= 4 is 16.9 Å². The van der Waals surface area contributed by atoms with Crippen molar-refractivity contribution in [3.63, 3.8) is 0 Å². The number of ether oxygens (including phenoxy) is 1. The first-order chi connectivity index (χ1) is 11.8. The maximum Gasteiger partial charge on any atom is 0.434 e. The normalized spacial score (nSPS) is 11.5. The van der Waals surface area contributed by atoms with Gasteiger partial charge in [-0.15, -0.1) is 0 Å². The number of halogens is 3. The van der Waals surface area contributed by atoms with E-state index in [-0.39, 0.29) is 28.0 Å². The molecule has 0 radical (unpaired) electrons. The van der Waals surface area contributed by atoms with Gasteiger partial charge in [0.1, 0.15) is 5.76 Å². The summed E-state index contributed by atoms with van der Waals surface area (Å²) in [7, 11) is 0. The summed E-state index contributed by atoms with van der Waals surface area (Å²) in [5, 5.41) is 0.0833. The molecule has 0 bridgehead atoms. The molecule has 5 nitrogen and oxygen atoms in total. The van der Waals surface area contributed by atoms with E-state index in [0.717, 1.165) is 25.3 Å². The number of pyridine rings is 1. The van der Waals surface area contributed by atoms with Crippen LogP contribution in [0.4, 0.5) is 13.2 Å². The monoisotopic (exact) mass is 349 g/mol. The van der Waals surface area contributed by atoms with Crippen molar-refractivity contribution in [1.29, 1.82) is 0 Å². The SMILES string of the molecule is CC(=O)Oc1cccc2c(=O)cc(-c3cccnc3C(F)(F)F)oc12. The number of rotatable bonds is 2. The van der Waals surface area contributed by atoms with E-state index in [0.29, 0.717) is 0 Å². The Balaban J connectivity index is 2.30. The van der Waals surface area contributed by atoms with Crippen LogP contribution in [-0.4, -0.2) is 11.0 Å². The van der Waals surface area contributed by atoms with Crippen molar-refractivity contribution in [3.05, 3.63) is 58.5 Å². The van der Waals surface area contributed by atoms with Crippen molar-refractivity contribution in [2.45, 2.75) is 13.1 Å². The third-order valence-corrected chi connectivity index (χ3v) is 3.31. The molecule has 3 aromatic rings. The summed E-state index contributed by atoms with van der Waals surface area (Å²) in [4.78, 5) is 26.8. The van der Waals surface area contributed by atoms with Gasteiger partial charge in [0.2, 0.25) is 0 Å². The van der Waals surface area contributed by atoms with Gasteiger partial charge in [0.25, 0.3) is 0 Å². The van der Waals surface area contributed by atoms with Gasteiger partial charge in [-0.3, -0.25) is 14.6 Å². The number of esters is 1. The summed E-state index contributed by atoms with van der Waals surface area (Å²) in [6.45, 7) is 1.16. The second kappa shape index (κ2) is 6.04. The molecule has 8 heteroatoms. The molecule has 0 saturated heterocycles. The number of hydrogen-bond acceptors (Lipinski definition) is 5. The molecular formula is C17H10F3NO4. The first-order valence-corrected chi connectivity index (χ1v) is 7.05. The number of benzene rings is 1. The van der Waals surface area contributed by atoms with E-state index < -0.39 is 23.3 Å². The van der Waals surface area contributed by atoms with Crippen LogP contribution in [0.5, 0.6) is 5.75 Å². The predicted molar refractivity (Wildman–Crippen MR) is 82.0 cm³/mol. The van der Waals surface area contributed by atoms with Crippen molar-refractivity contribution in [3.8, 4) is 17.1 Å². The lowest BCUT2D eigenvalue weighted by Gasteiger charge is -2.12. The van der Waals surface area contributed by atoms with Crippen LogP contribution < -0.4 is 10.2 Å². The summed E-state index contributed by atoms with van der Waals surface area (Å²) < 4.78 is 49.9. The van der Waals surface area contributed by atoms with Gasteiger partial charge >= 0.3 is 12.1 Å². The zero-order chi connectivity index (χ0) is 18.2. The molecule has 0 N–H and O–H groups in total. The van der Waals surface area contributed by atoms with Gasteiger partial charge in [0, 0.05) is 24.8 Å². The molecule has 0 aliphatic heterocycles. The molecule has 0 unspecified atom stereocenters. The second-order valence-corrected chi connectivity index (χ2v) is 5.10. The maximum atomic E-state index is 13.1. The largest absolute Gasteiger partial charge is 0.452 e. The summed E-state index contributed by atoms with van der Waals surface area (Å²) in [6.07, 6.45) is -3.73. The third kappa shape index (κ3) is 3.23. The third-order valence-electron chi connectivity index (χ3n) is 3.31. The topological polar surface area (TPSA) is 69.4 Å². The van der Waals surface area contributed by atoms with E-state index in [2.05, 4.69) is 4.98 Å². The van der Waals surface area contributed by atoms with E-state index in [1.54, 1.807) is 0 Å². The number of carbonyl (C=O) groups is 1. The van der Waals surface area contributed by atoms with Gasteiger partial charge in [-0.05, 0) is 24.3 Å². The molecule has 0 aliphatic carbocycles. The highest BCUT2D eigenvalue weighted by atomic mass is 19.4. The predicted octanol–water partition coefficient (Wildman–Crippen LogP) is 3.80. The Morgan fingerprint density at radius 1 is 1.20 bits per heavy atom. The molecule has 128 valence electrons. The van der Waals surface area contributed by atoms with Gasteiger partial charge in [-0.1, -0.05) is 6.07 Å². The molecular weight excluding hydrogens is 339 g/mol.